The van der Waals surface area contributed by atoms with E-state index in [1.807, 2.05) is 12.1 Å². The van der Waals surface area contributed by atoms with E-state index in [0.717, 1.165) is 5.69 Å². The summed E-state index contributed by atoms with van der Waals surface area (Å²) in [5.41, 5.74) is 0.762. The van der Waals surface area contributed by atoms with Gasteiger partial charge in [0.1, 0.15) is 11.9 Å². The van der Waals surface area contributed by atoms with Crippen LogP contribution in [-0.4, -0.2) is 39.2 Å². The fourth-order valence-corrected chi connectivity index (χ4v) is 2.54. The van der Waals surface area contributed by atoms with Crippen molar-refractivity contribution in [2.75, 3.05) is 18.5 Å². The molecule has 3 rings (SSSR count). The molecule has 23 heavy (non-hydrogen) atoms. The highest BCUT2D eigenvalue weighted by molar-refractivity contribution is 5.36. The molecule has 0 amide bonds. The normalized spacial score (nSPS) is 21.3. The second kappa shape index (κ2) is 6.08. The molecule has 7 heteroatoms. The molecule has 1 N–H and O–H groups in total. The summed E-state index contributed by atoms with van der Waals surface area (Å²) < 4.78 is 6.98. The monoisotopic (exact) mass is 315 g/mol. The van der Waals surface area contributed by atoms with Gasteiger partial charge in [0.25, 0.3) is 5.56 Å². The van der Waals surface area contributed by atoms with Gasteiger partial charge in [0.15, 0.2) is 0 Å². The first kappa shape index (κ1) is 15.6. The second-order valence-corrected chi connectivity index (χ2v) is 6.72. The number of nitrogens with zero attached hydrogens (tertiary/aromatic N) is 4. The highest BCUT2D eigenvalue weighted by atomic mass is 16.5. The summed E-state index contributed by atoms with van der Waals surface area (Å²) in [4.78, 5) is 11.9. The summed E-state index contributed by atoms with van der Waals surface area (Å²) >= 11 is 0. The molecule has 0 saturated carbocycles. The molecule has 2 aromatic rings. The van der Waals surface area contributed by atoms with Crippen molar-refractivity contribution in [2.24, 2.45) is 0 Å². The van der Waals surface area contributed by atoms with Gasteiger partial charge < -0.3 is 10.1 Å². The Balaban J connectivity index is 1.77. The first-order valence-electron chi connectivity index (χ1n) is 7.67. The number of aromatic nitrogens is 4. The lowest BCUT2D eigenvalue weighted by molar-refractivity contribution is 0.182. The van der Waals surface area contributed by atoms with E-state index in [9.17, 15) is 4.79 Å². The summed E-state index contributed by atoms with van der Waals surface area (Å²) in [6.45, 7) is 7.23. The Hall–Kier alpha value is -2.28. The Bertz CT molecular complexity index is 720. The Kier molecular flexibility index (Phi) is 4.12. The Morgan fingerprint density at radius 3 is 2.70 bits per heavy atom. The molecule has 1 aliphatic heterocycles. The van der Waals surface area contributed by atoms with Crippen LogP contribution in [0.5, 0.6) is 0 Å². The molecule has 2 aromatic heterocycles. The largest absolute Gasteiger partial charge is 0.377 e. The molecule has 1 aliphatic rings. The molecule has 3 heterocycles. The quantitative estimate of drug-likeness (QED) is 0.921. The number of anilines is 1. The number of ether oxygens (including phenoxy) is 1. The van der Waals surface area contributed by atoms with Crippen LogP contribution in [0, 0.1) is 0 Å². The minimum Gasteiger partial charge on any atom is -0.377 e. The first-order chi connectivity index (χ1) is 10.9. The van der Waals surface area contributed by atoms with Crippen LogP contribution in [0.1, 0.15) is 32.5 Å². The van der Waals surface area contributed by atoms with Crippen molar-refractivity contribution in [2.45, 2.75) is 38.3 Å². The minimum absolute atomic E-state index is 0.0359. The zero-order valence-electron chi connectivity index (χ0n) is 13.6. The van der Waals surface area contributed by atoms with Crippen molar-refractivity contribution < 1.29 is 4.74 Å². The van der Waals surface area contributed by atoms with Crippen LogP contribution >= 0.6 is 0 Å². The SMILES string of the molecule is CC(C)(C)c1ccc(NC2COCC2n2ncccc2=O)nn1. The van der Waals surface area contributed by atoms with Crippen molar-refractivity contribution in [1.29, 1.82) is 0 Å². The third-order valence-electron chi connectivity index (χ3n) is 3.87. The zero-order chi connectivity index (χ0) is 16.4. The van der Waals surface area contributed by atoms with Gasteiger partial charge in [-0.05, 0) is 18.2 Å². The minimum atomic E-state index is -0.159. The van der Waals surface area contributed by atoms with E-state index in [-0.39, 0.29) is 23.1 Å². The van der Waals surface area contributed by atoms with Crippen LogP contribution < -0.4 is 10.9 Å². The van der Waals surface area contributed by atoms with Gasteiger partial charge in [-0.15, -0.1) is 5.10 Å². The van der Waals surface area contributed by atoms with E-state index in [1.165, 1.54) is 10.7 Å². The summed E-state index contributed by atoms with van der Waals surface area (Å²) in [5.74, 6) is 0.669. The number of hydrogen-bond donors (Lipinski definition) is 1. The van der Waals surface area contributed by atoms with Gasteiger partial charge in [-0.2, -0.15) is 10.2 Å². The van der Waals surface area contributed by atoms with Crippen LogP contribution in [0.2, 0.25) is 0 Å². The van der Waals surface area contributed by atoms with Crippen LogP contribution in [0.3, 0.4) is 0 Å². The van der Waals surface area contributed by atoms with Gasteiger partial charge in [0, 0.05) is 17.7 Å². The van der Waals surface area contributed by atoms with Crippen molar-refractivity contribution in [1.82, 2.24) is 20.0 Å². The maximum absolute atomic E-state index is 11.9. The lowest BCUT2D eigenvalue weighted by Gasteiger charge is -2.21. The predicted octanol–water partition coefficient (Wildman–Crippen LogP) is 1.38. The maximum Gasteiger partial charge on any atom is 0.267 e. The van der Waals surface area contributed by atoms with Gasteiger partial charge in [0.05, 0.1) is 24.9 Å². The first-order valence-corrected chi connectivity index (χ1v) is 7.67. The molecule has 0 aromatic carbocycles. The predicted molar refractivity (Wildman–Crippen MR) is 86.5 cm³/mol. The Morgan fingerprint density at radius 2 is 2.04 bits per heavy atom. The highest BCUT2D eigenvalue weighted by Gasteiger charge is 2.31. The van der Waals surface area contributed by atoms with E-state index in [1.54, 1.807) is 12.3 Å². The van der Waals surface area contributed by atoms with Gasteiger partial charge in [-0.25, -0.2) is 4.68 Å². The van der Waals surface area contributed by atoms with Crippen LogP contribution in [0.25, 0.3) is 0 Å². The van der Waals surface area contributed by atoms with Gasteiger partial charge in [-0.1, -0.05) is 20.8 Å². The van der Waals surface area contributed by atoms with Crippen LogP contribution in [0.15, 0.2) is 35.3 Å². The molecular formula is C16H21N5O2. The molecule has 0 spiro atoms. The lowest BCUT2D eigenvalue weighted by Crippen LogP contribution is -2.37. The molecule has 0 aliphatic carbocycles. The molecule has 2 atom stereocenters. The smallest absolute Gasteiger partial charge is 0.267 e. The van der Waals surface area contributed by atoms with Gasteiger partial charge in [-0.3, -0.25) is 4.79 Å². The summed E-state index contributed by atoms with van der Waals surface area (Å²) in [7, 11) is 0. The fourth-order valence-electron chi connectivity index (χ4n) is 2.54. The summed E-state index contributed by atoms with van der Waals surface area (Å²) in [6, 6.07) is 6.77. The zero-order valence-corrected chi connectivity index (χ0v) is 13.6. The molecule has 2 unspecified atom stereocenters. The van der Waals surface area contributed by atoms with E-state index in [4.69, 9.17) is 4.74 Å². The summed E-state index contributed by atoms with van der Waals surface area (Å²) in [6.07, 6.45) is 1.61. The van der Waals surface area contributed by atoms with E-state index in [2.05, 4.69) is 41.4 Å². The molecular weight excluding hydrogens is 294 g/mol. The van der Waals surface area contributed by atoms with Crippen LogP contribution in [-0.2, 0) is 10.2 Å². The van der Waals surface area contributed by atoms with E-state index < -0.39 is 0 Å². The third-order valence-corrected chi connectivity index (χ3v) is 3.87. The van der Waals surface area contributed by atoms with Gasteiger partial charge >= 0.3 is 0 Å². The van der Waals surface area contributed by atoms with Crippen molar-refractivity contribution in [3.63, 3.8) is 0 Å². The Labute approximate surface area is 134 Å². The number of rotatable bonds is 3. The van der Waals surface area contributed by atoms with Crippen molar-refractivity contribution >= 4 is 5.82 Å². The third kappa shape index (κ3) is 3.39. The second-order valence-electron chi connectivity index (χ2n) is 6.72. The number of nitrogens with one attached hydrogen (secondary N) is 1. The molecule has 1 saturated heterocycles. The average molecular weight is 315 g/mol. The van der Waals surface area contributed by atoms with E-state index >= 15 is 0 Å². The molecule has 0 radical (unpaired) electrons. The topological polar surface area (TPSA) is 81.9 Å². The standard InChI is InChI=1S/C16H21N5O2/c1-16(2,3)13-6-7-14(20-19-13)18-11-9-23-10-12(11)21-15(22)5-4-8-17-21/h4-8,11-12H,9-10H2,1-3H3,(H,18,20). The molecule has 0 bridgehead atoms. The highest BCUT2D eigenvalue weighted by Crippen LogP contribution is 2.22. The lowest BCUT2D eigenvalue weighted by atomic mass is 9.92. The molecule has 7 nitrogen and oxygen atoms in total. The average Bonchev–Trinajstić information content (AvgIpc) is 2.95. The van der Waals surface area contributed by atoms with Crippen molar-refractivity contribution in [3.05, 3.63) is 46.5 Å². The number of hydrogen-bond acceptors (Lipinski definition) is 6. The molecule has 122 valence electrons. The molecule has 1 fully saturated rings. The van der Waals surface area contributed by atoms with E-state index in [0.29, 0.717) is 19.0 Å². The Morgan fingerprint density at radius 1 is 1.22 bits per heavy atom. The van der Waals surface area contributed by atoms with Gasteiger partial charge in [0.2, 0.25) is 0 Å². The maximum atomic E-state index is 11.9. The van der Waals surface area contributed by atoms with Crippen molar-refractivity contribution in [3.8, 4) is 0 Å². The summed E-state index contributed by atoms with van der Waals surface area (Å²) in [5, 5.41) is 15.9. The fraction of sp³-hybridized carbons (Fsp3) is 0.500. The van der Waals surface area contributed by atoms with Crippen LogP contribution in [0.4, 0.5) is 5.82 Å².